The molecule has 2 aliphatic heterocycles. The van der Waals surface area contributed by atoms with E-state index in [0.717, 1.165) is 43.7 Å². The van der Waals surface area contributed by atoms with E-state index in [1.165, 1.54) is 5.56 Å². The SMILES string of the molecule is Cc1noc([C@@H]2CCCN(C(=O)Cc3ccc4c(c3)CCO4)C2)n1. The molecule has 2 aliphatic rings. The van der Waals surface area contributed by atoms with E-state index in [-0.39, 0.29) is 11.8 Å². The third-order valence-corrected chi connectivity index (χ3v) is 4.78. The van der Waals surface area contributed by atoms with Gasteiger partial charge in [0.2, 0.25) is 11.8 Å². The van der Waals surface area contributed by atoms with E-state index >= 15 is 0 Å². The molecule has 0 bridgehead atoms. The van der Waals surface area contributed by atoms with Gasteiger partial charge in [0.25, 0.3) is 0 Å². The van der Waals surface area contributed by atoms with Crippen LogP contribution >= 0.6 is 0 Å². The number of nitrogens with zero attached hydrogens (tertiary/aromatic N) is 3. The molecule has 6 heteroatoms. The van der Waals surface area contributed by atoms with Crippen LogP contribution in [-0.2, 0) is 17.6 Å². The van der Waals surface area contributed by atoms with Gasteiger partial charge < -0.3 is 14.2 Å². The van der Waals surface area contributed by atoms with Gasteiger partial charge in [-0.25, -0.2) is 0 Å². The molecular formula is C18H21N3O3. The van der Waals surface area contributed by atoms with Crippen molar-refractivity contribution in [3.05, 3.63) is 41.0 Å². The minimum atomic E-state index is 0.150. The van der Waals surface area contributed by atoms with Crippen molar-refractivity contribution in [3.63, 3.8) is 0 Å². The third kappa shape index (κ3) is 3.00. The van der Waals surface area contributed by atoms with E-state index in [0.29, 0.717) is 24.7 Å². The fourth-order valence-electron chi connectivity index (χ4n) is 3.52. The number of aromatic nitrogens is 2. The zero-order valence-corrected chi connectivity index (χ0v) is 13.8. The molecule has 0 spiro atoms. The average molecular weight is 327 g/mol. The van der Waals surface area contributed by atoms with Gasteiger partial charge in [0.15, 0.2) is 5.82 Å². The number of ether oxygens (including phenoxy) is 1. The quantitative estimate of drug-likeness (QED) is 0.865. The van der Waals surface area contributed by atoms with Crippen LogP contribution in [0.4, 0.5) is 0 Å². The number of carbonyl (C=O) groups is 1. The maximum absolute atomic E-state index is 12.7. The summed E-state index contributed by atoms with van der Waals surface area (Å²) >= 11 is 0. The van der Waals surface area contributed by atoms with Crippen LogP contribution in [0.2, 0.25) is 0 Å². The van der Waals surface area contributed by atoms with Crippen molar-refractivity contribution in [2.45, 2.75) is 38.5 Å². The number of rotatable bonds is 3. The highest BCUT2D eigenvalue weighted by atomic mass is 16.5. The minimum absolute atomic E-state index is 0.150. The molecule has 1 fully saturated rings. The number of hydrogen-bond donors (Lipinski definition) is 0. The van der Waals surface area contributed by atoms with Crippen molar-refractivity contribution < 1.29 is 14.1 Å². The second kappa shape index (κ2) is 6.26. The first kappa shape index (κ1) is 15.2. The molecule has 0 N–H and O–H groups in total. The lowest BCUT2D eigenvalue weighted by molar-refractivity contribution is -0.131. The molecule has 24 heavy (non-hydrogen) atoms. The molecule has 0 radical (unpaired) electrons. The Hall–Kier alpha value is -2.37. The smallest absolute Gasteiger partial charge is 0.231 e. The molecule has 1 atom stereocenters. The summed E-state index contributed by atoms with van der Waals surface area (Å²) in [4.78, 5) is 18.9. The predicted molar refractivity (Wildman–Crippen MR) is 86.9 cm³/mol. The first-order valence-corrected chi connectivity index (χ1v) is 8.51. The molecule has 3 heterocycles. The van der Waals surface area contributed by atoms with Crippen LogP contribution in [0.5, 0.6) is 5.75 Å². The molecule has 2 aromatic rings. The Kier molecular flexibility index (Phi) is 3.96. The van der Waals surface area contributed by atoms with Gasteiger partial charge in [-0.1, -0.05) is 17.3 Å². The number of benzene rings is 1. The highest BCUT2D eigenvalue weighted by Gasteiger charge is 2.28. The topological polar surface area (TPSA) is 68.5 Å². The van der Waals surface area contributed by atoms with Gasteiger partial charge in [-0.3, -0.25) is 4.79 Å². The first-order valence-electron chi connectivity index (χ1n) is 8.51. The van der Waals surface area contributed by atoms with Crippen molar-refractivity contribution >= 4 is 5.91 Å². The van der Waals surface area contributed by atoms with Crippen LogP contribution in [0.3, 0.4) is 0 Å². The van der Waals surface area contributed by atoms with Gasteiger partial charge in [0.05, 0.1) is 18.9 Å². The standard InChI is InChI=1S/C18H21N3O3/c1-12-19-18(24-20-12)15-3-2-7-21(11-15)17(22)10-13-4-5-16-14(9-13)6-8-23-16/h4-5,9,15H,2-3,6-8,10-11H2,1H3/t15-/m1/s1. The summed E-state index contributed by atoms with van der Waals surface area (Å²) in [7, 11) is 0. The van der Waals surface area contributed by atoms with E-state index in [2.05, 4.69) is 16.2 Å². The number of fused-ring (bicyclic) bond motifs is 1. The highest BCUT2D eigenvalue weighted by Crippen LogP contribution is 2.28. The number of piperidine rings is 1. The Morgan fingerprint density at radius 1 is 1.42 bits per heavy atom. The molecule has 0 unspecified atom stereocenters. The molecule has 0 saturated carbocycles. The Labute approximate surface area is 140 Å². The Morgan fingerprint density at radius 3 is 3.17 bits per heavy atom. The predicted octanol–water partition coefficient (Wildman–Crippen LogP) is 2.26. The van der Waals surface area contributed by atoms with Gasteiger partial charge in [0.1, 0.15) is 5.75 Å². The van der Waals surface area contributed by atoms with Crippen LogP contribution in [0.15, 0.2) is 22.7 Å². The molecule has 1 saturated heterocycles. The Bertz CT molecular complexity index is 756. The van der Waals surface area contributed by atoms with Crippen molar-refractivity contribution in [1.82, 2.24) is 15.0 Å². The van der Waals surface area contributed by atoms with Gasteiger partial charge in [0, 0.05) is 19.5 Å². The molecule has 6 nitrogen and oxygen atoms in total. The molecule has 4 rings (SSSR count). The molecule has 1 aromatic carbocycles. The van der Waals surface area contributed by atoms with Gasteiger partial charge in [-0.15, -0.1) is 0 Å². The molecule has 1 amide bonds. The summed E-state index contributed by atoms with van der Waals surface area (Å²) < 4.78 is 10.8. The summed E-state index contributed by atoms with van der Waals surface area (Å²) in [6.07, 6.45) is 3.32. The molecule has 126 valence electrons. The monoisotopic (exact) mass is 327 g/mol. The zero-order chi connectivity index (χ0) is 16.5. The van der Waals surface area contributed by atoms with Crippen LogP contribution in [-0.4, -0.2) is 40.6 Å². The lowest BCUT2D eigenvalue weighted by Gasteiger charge is -2.31. The van der Waals surface area contributed by atoms with E-state index < -0.39 is 0 Å². The Morgan fingerprint density at radius 2 is 2.33 bits per heavy atom. The Balaban J connectivity index is 1.42. The lowest BCUT2D eigenvalue weighted by atomic mass is 9.97. The van der Waals surface area contributed by atoms with Crippen molar-refractivity contribution in [1.29, 1.82) is 0 Å². The third-order valence-electron chi connectivity index (χ3n) is 4.78. The maximum Gasteiger partial charge on any atom is 0.231 e. The highest BCUT2D eigenvalue weighted by molar-refractivity contribution is 5.79. The van der Waals surface area contributed by atoms with E-state index in [9.17, 15) is 4.79 Å². The van der Waals surface area contributed by atoms with Crippen molar-refractivity contribution in [2.24, 2.45) is 0 Å². The summed E-state index contributed by atoms with van der Waals surface area (Å²) in [5.74, 6) is 2.57. The van der Waals surface area contributed by atoms with Crippen molar-refractivity contribution in [2.75, 3.05) is 19.7 Å². The molecule has 1 aromatic heterocycles. The number of aryl methyl sites for hydroxylation is 1. The van der Waals surface area contributed by atoms with Gasteiger partial charge in [-0.05, 0) is 37.0 Å². The van der Waals surface area contributed by atoms with Crippen LogP contribution < -0.4 is 4.74 Å². The van der Waals surface area contributed by atoms with E-state index in [4.69, 9.17) is 9.26 Å². The summed E-state index contributed by atoms with van der Waals surface area (Å²) in [5, 5.41) is 3.86. The largest absolute Gasteiger partial charge is 0.493 e. The summed E-state index contributed by atoms with van der Waals surface area (Å²) in [6, 6.07) is 6.07. The van der Waals surface area contributed by atoms with E-state index in [1.807, 2.05) is 24.0 Å². The number of carbonyl (C=O) groups excluding carboxylic acids is 1. The summed E-state index contributed by atoms with van der Waals surface area (Å²) in [6.45, 7) is 4.02. The minimum Gasteiger partial charge on any atom is -0.493 e. The van der Waals surface area contributed by atoms with Crippen molar-refractivity contribution in [3.8, 4) is 5.75 Å². The lowest BCUT2D eigenvalue weighted by Crippen LogP contribution is -2.40. The fraction of sp³-hybridized carbons (Fsp3) is 0.500. The van der Waals surface area contributed by atoms with Crippen LogP contribution in [0.25, 0.3) is 0 Å². The van der Waals surface area contributed by atoms with Crippen LogP contribution in [0, 0.1) is 6.92 Å². The molecule has 0 aliphatic carbocycles. The zero-order valence-electron chi connectivity index (χ0n) is 13.8. The number of amides is 1. The fourth-order valence-corrected chi connectivity index (χ4v) is 3.52. The van der Waals surface area contributed by atoms with Crippen LogP contribution in [0.1, 0.15) is 41.6 Å². The second-order valence-corrected chi connectivity index (χ2v) is 6.58. The normalized spacial score (nSPS) is 19.9. The maximum atomic E-state index is 12.7. The van der Waals surface area contributed by atoms with Gasteiger partial charge in [-0.2, -0.15) is 4.98 Å². The first-order chi connectivity index (χ1) is 11.7. The number of hydrogen-bond acceptors (Lipinski definition) is 5. The van der Waals surface area contributed by atoms with Gasteiger partial charge >= 0.3 is 0 Å². The average Bonchev–Trinajstić information content (AvgIpc) is 3.23. The second-order valence-electron chi connectivity index (χ2n) is 6.58. The van der Waals surface area contributed by atoms with E-state index in [1.54, 1.807) is 0 Å². The summed E-state index contributed by atoms with van der Waals surface area (Å²) in [5.41, 5.74) is 2.26. The molecular weight excluding hydrogens is 306 g/mol. The number of likely N-dealkylation sites (tertiary alicyclic amines) is 1.